The van der Waals surface area contributed by atoms with Crippen LogP contribution in [0.5, 0.6) is 0 Å². The van der Waals surface area contributed by atoms with Crippen LogP contribution in [0.25, 0.3) is 11.0 Å². The number of aryl methyl sites for hydroxylation is 1. The Hall–Kier alpha value is -3.92. The number of carbonyl (C=O) groups is 4. The molecular formula is C29H33ClN6O4. The molecule has 0 aliphatic carbocycles. The summed E-state index contributed by atoms with van der Waals surface area (Å²) in [6.07, 6.45) is 2.42. The number of hydrogen-bond donors (Lipinski definition) is 2. The number of nitrogens with one attached hydrogen (secondary N) is 2. The molecule has 0 unspecified atom stereocenters. The second-order valence-corrected chi connectivity index (χ2v) is 10.9. The average molecular weight is 565 g/mol. The Morgan fingerprint density at radius 3 is 2.55 bits per heavy atom. The zero-order valence-electron chi connectivity index (χ0n) is 22.7. The molecule has 2 aromatic carbocycles. The monoisotopic (exact) mass is 564 g/mol. The fourth-order valence-corrected chi connectivity index (χ4v) is 5.39. The number of likely N-dealkylation sites (tertiary alicyclic amines) is 1. The topological polar surface area (TPSA) is 119 Å². The van der Waals surface area contributed by atoms with Crippen molar-refractivity contribution < 1.29 is 19.2 Å². The van der Waals surface area contributed by atoms with E-state index in [0.717, 1.165) is 37.0 Å². The third-order valence-corrected chi connectivity index (χ3v) is 7.90. The molecule has 0 spiro atoms. The Bertz CT molecular complexity index is 1460. The molecule has 2 aliphatic heterocycles. The maximum absolute atomic E-state index is 13.4. The number of piperazine rings is 1. The van der Waals surface area contributed by atoms with Gasteiger partial charge in [0.25, 0.3) is 11.8 Å². The lowest BCUT2D eigenvalue weighted by atomic mass is 10.0. The highest BCUT2D eigenvalue weighted by Crippen LogP contribution is 2.24. The predicted octanol–water partition coefficient (Wildman–Crippen LogP) is 3.31. The molecule has 2 N–H and O–H groups in total. The van der Waals surface area contributed by atoms with Crippen LogP contribution in [0.4, 0.5) is 0 Å². The van der Waals surface area contributed by atoms with E-state index in [1.54, 1.807) is 53.2 Å². The van der Waals surface area contributed by atoms with Crippen LogP contribution in [0, 0.1) is 6.92 Å². The number of likely N-dealkylation sites (N-methyl/N-ethyl adjacent to an activating group) is 1. The predicted molar refractivity (Wildman–Crippen MR) is 151 cm³/mol. The van der Waals surface area contributed by atoms with Gasteiger partial charge in [0.1, 0.15) is 5.82 Å². The van der Waals surface area contributed by atoms with Crippen molar-refractivity contribution in [3.05, 3.63) is 63.9 Å². The van der Waals surface area contributed by atoms with Crippen molar-refractivity contribution in [2.45, 2.75) is 38.6 Å². The summed E-state index contributed by atoms with van der Waals surface area (Å²) in [4.78, 5) is 64.2. The highest BCUT2D eigenvalue weighted by Gasteiger charge is 2.27. The number of amides is 4. The largest absolute Gasteiger partial charge is 0.342 e. The number of nitrogens with zero attached hydrogens (tertiary/aromatic N) is 4. The Kier molecular flexibility index (Phi) is 8.07. The molecule has 0 bridgehead atoms. The zero-order valence-corrected chi connectivity index (χ0v) is 23.5. The van der Waals surface area contributed by atoms with Gasteiger partial charge in [-0.2, -0.15) is 0 Å². The molecule has 2 aliphatic rings. The minimum Gasteiger partial charge on any atom is -0.342 e. The molecule has 2 fully saturated rings. The molecule has 2 saturated heterocycles. The van der Waals surface area contributed by atoms with Gasteiger partial charge in [0.15, 0.2) is 0 Å². The third kappa shape index (κ3) is 5.96. The van der Waals surface area contributed by atoms with Crippen molar-refractivity contribution in [1.29, 1.82) is 0 Å². The number of imidazole rings is 1. The van der Waals surface area contributed by atoms with Gasteiger partial charge in [0.2, 0.25) is 11.8 Å². The summed E-state index contributed by atoms with van der Waals surface area (Å²) in [5, 5.41) is 3.58. The van der Waals surface area contributed by atoms with E-state index in [-0.39, 0.29) is 43.0 Å². The smallest absolute Gasteiger partial charge is 0.254 e. The van der Waals surface area contributed by atoms with Gasteiger partial charge >= 0.3 is 0 Å². The van der Waals surface area contributed by atoms with E-state index in [0.29, 0.717) is 40.6 Å². The van der Waals surface area contributed by atoms with E-state index in [9.17, 15) is 19.2 Å². The number of benzene rings is 2. The summed E-state index contributed by atoms with van der Waals surface area (Å²) in [5.74, 6) is -0.0952. The number of halogens is 1. The van der Waals surface area contributed by atoms with Crippen LogP contribution >= 0.6 is 11.6 Å². The van der Waals surface area contributed by atoms with Gasteiger partial charge < -0.3 is 25.0 Å². The highest BCUT2D eigenvalue weighted by molar-refractivity contribution is 6.31. The van der Waals surface area contributed by atoms with Crippen LogP contribution in [0.2, 0.25) is 5.02 Å². The second-order valence-electron chi connectivity index (χ2n) is 10.5. The summed E-state index contributed by atoms with van der Waals surface area (Å²) in [5.41, 5.74) is 3.15. The van der Waals surface area contributed by atoms with Crippen molar-refractivity contribution in [2.24, 2.45) is 0 Å². The van der Waals surface area contributed by atoms with Crippen LogP contribution < -0.4 is 5.32 Å². The Morgan fingerprint density at radius 1 is 1.05 bits per heavy atom. The fourth-order valence-electron chi connectivity index (χ4n) is 5.22. The number of H-pyrrole nitrogens is 1. The van der Waals surface area contributed by atoms with Crippen LogP contribution in [0.3, 0.4) is 0 Å². The lowest BCUT2D eigenvalue weighted by molar-refractivity contribution is -0.144. The summed E-state index contributed by atoms with van der Waals surface area (Å²) in [6.45, 7) is 4.36. The van der Waals surface area contributed by atoms with Gasteiger partial charge in [-0.3, -0.25) is 19.2 Å². The van der Waals surface area contributed by atoms with Crippen LogP contribution in [-0.4, -0.2) is 88.1 Å². The van der Waals surface area contributed by atoms with Crippen molar-refractivity contribution >= 4 is 46.3 Å². The van der Waals surface area contributed by atoms with Gasteiger partial charge in [-0.1, -0.05) is 11.6 Å². The molecule has 11 heteroatoms. The van der Waals surface area contributed by atoms with Crippen molar-refractivity contribution in [3.63, 3.8) is 0 Å². The minimum absolute atomic E-state index is 0.0123. The molecule has 0 saturated carbocycles. The van der Waals surface area contributed by atoms with E-state index >= 15 is 0 Å². The molecule has 5 rings (SSSR count). The maximum atomic E-state index is 13.4. The van der Waals surface area contributed by atoms with Crippen LogP contribution in [0.15, 0.2) is 36.4 Å². The van der Waals surface area contributed by atoms with Gasteiger partial charge in [0.05, 0.1) is 23.6 Å². The minimum atomic E-state index is -0.600. The zero-order chi connectivity index (χ0) is 28.4. The van der Waals surface area contributed by atoms with E-state index in [1.165, 1.54) is 0 Å². The number of rotatable bonds is 7. The number of aromatic nitrogens is 2. The van der Waals surface area contributed by atoms with Gasteiger partial charge in [-0.25, -0.2) is 4.98 Å². The van der Waals surface area contributed by atoms with Crippen LogP contribution in [0.1, 0.15) is 63.8 Å². The maximum Gasteiger partial charge on any atom is 0.254 e. The summed E-state index contributed by atoms with van der Waals surface area (Å²) in [6, 6.07) is 9.76. The third-order valence-electron chi connectivity index (χ3n) is 7.67. The molecule has 0 radical (unpaired) electrons. The lowest BCUT2D eigenvalue weighted by Crippen LogP contribution is -2.50. The summed E-state index contributed by atoms with van der Waals surface area (Å²) in [7, 11) is 1.72. The molecule has 1 aromatic heterocycles. The van der Waals surface area contributed by atoms with E-state index in [2.05, 4.69) is 15.3 Å². The molecule has 210 valence electrons. The first kappa shape index (κ1) is 27.6. The Morgan fingerprint density at radius 2 is 1.82 bits per heavy atom. The first-order valence-corrected chi connectivity index (χ1v) is 13.9. The standard InChI is InChI=1S/C29H33ClN6O4/c1-18-15-19(5-7-21(18)29(40)35-11-3-4-12-35)28(39)33-23(27-31-22-8-6-20(30)16-24(22)32-27)9-10-25(37)36-14-13-34(2)26(38)17-36/h5-8,15-16,23H,3-4,9-14,17H2,1-2H3,(H,31,32)(H,33,39)/t23-/m0/s1. The lowest BCUT2D eigenvalue weighted by Gasteiger charge is -2.32. The molecule has 3 heterocycles. The van der Waals surface area contributed by atoms with E-state index in [1.807, 2.05) is 11.8 Å². The first-order chi connectivity index (χ1) is 19.2. The molecule has 1 atom stereocenters. The molecule has 4 amide bonds. The Balaban J connectivity index is 1.34. The summed E-state index contributed by atoms with van der Waals surface area (Å²) >= 11 is 6.15. The normalized spacial score (nSPS) is 16.5. The fraction of sp³-hybridized carbons (Fsp3) is 0.414. The van der Waals surface area contributed by atoms with E-state index < -0.39 is 6.04 Å². The van der Waals surface area contributed by atoms with Gasteiger partial charge in [0, 0.05) is 55.8 Å². The Labute approximate surface area is 237 Å². The van der Waals surface area contributed by atoms with E-state index in [4.69, 9.17) is 11.6 Å². The quantitative estimate of drug-likeness (QED) is 0.456. The molecule has 3 aromatic rings. The number of aromatic amines is 1. The SMILES string of the molecule is Cc1cc(C(=O)N[C@@H](CCC(=O)N2CCN(C)C(=O)C2)c2nc3ccc(Cl)cc3[nH]2)ccc1C(=O)N1CCCC1. The molecular weight excluding hydrogens is 532 g/mol. The highest BCUT2D eigenvalue weighted by atomic mass is 35.5. The van der Waals surface area contributed by atoms with Crippen molar-refractivity contribution in [2.75, 3.05) is 39.8 Å². The van der Waals surface area contributed by atoms with Gasteiger partial charge in [-0.15, -0.1) is 0 Å². The van der Waals surface area contributed by atoms with Crippen molar-refractivity contribution in [3.8, 4) is 0 Å². The summed E-state index contributed by atoms with van der Waals surface area (Å²) < 4.78 is 0. The number of hydrogen-bond acceptors (Lipinski definition) is 5. The second kappa shape index (κ2) is 11.7. The molecule has 10 nitrogen and oxygen atoms in total. The van der Waals surface area contributed by atoms with Crippen LogP contribution in [-0.2, 0) is 9.59 Å². The average Bonchev–Trinajstić information content (AvgIpc) is 3.62. The van der Waals surface area contributed by atoms with Gasteiger partial charge in [-0.05, 0) is 68.1 Å². The molecule has 40 heavy (non-hydrogen) atoms. The number of carbonyl (C=O) groups excluding carboxylic acids is 4. The van der Waals surface area contributed by atoms with Crippen molar-refractivity contribution in [1.82, 2.24) is 30.0 Å². The number of fused-ring (bicyclic) bond motifs is 1. The first-order valence-electron chi connectivity index (χ1n) is 13.6.